The maximum atomic E-state index is 13.2. The van der Waals surface area contributed by atoms with Gasteiger partial charge in [-0.1, -0.05) is 18.2 Å². The molecule has 0 heterocycles. The Morgan fingerprint density at radius 2 is 1.53 bits per heavy atom. The first kappa shape index (κ1) is 13.4. The largest absolute Gasteiger partial charge is 0.573 e. The summed E-state index contributed by atoms with van der Waals surface area (Å²) in [5.41, 5.74) is 1.97. The van der Waals surface area contributed by atoms with Gasteiger partial charge >= 0.3 is 6.36 Å². The second-order valence-electron chi connectivity index (χ2n) is 4.09. The molecular formula is C14H10F4O. The van der Waals surface area contributed by atoms with E-state index < -0.39 is 6.36 Å². The van der Waals surface area contributed by atoms with Crippen LogP contribution < -0.4 is 4.74 Å². The molecule has 0 amide bonds. The monoisotopic (exact) mass is 270 g/mol. The second kappa shape index (κ2) is 4.91. The van der Waals surface area contributed by atoms with Gasteiger partial charge in [0.05, 0.1) is 0 Å². The van der Waals surface area contributed by atoms with Gasteiger partial charge in [0.15, 0.2) is 0 Å². The predicted molar refractivity (Wildman–Crippen MR) is 63.3 cm³/mol. The Morgan fingerprint density at radius 3 is 2.05 bits per heavy atom. The minimum atomic E-state index is -4.71. The van der Waals surface area contributed by atoms with Gasteiger partial charge in [0.1, 0.15) is 11.6 Å². The number of aryl methyl sites for hydroxylation is 1. The summed E-state index contributed by atoms with van der Waals surface area (Å²) in [5, 5.41) is 0. The highest BCUT2D eigenvalue weighted by Crippen LogP contribution is 2.27. The summed E-state index contributed by atoms with van der Waals surface area (Å²) >= 11 is 0. The molecule has 0 fully saturated rings. The van der Waals surface area contributed by atoms with Gasteiger partial charge in [0, 0.05) is 0 Å². The molecule has 2 rings (SSSR count). The minimum Gasteiger partial charge on any atom is -0.406 e. The van der Waals surface area contributed by atoms with Crippen molar-refractivity contribution in [3.63, 3.8) is 0 Å². The van der Waals surface area contributed by atoms with E-state index in [0.29, 0.717) is 11.1 Å². The third-order valence-electron chi connectivity index (χ3n) is 2.46. The molecule has 0 N–H and O–H groups in total. The normalized spacial score (nSPS) is 11.4. The van der Waals surface area contributed by atoms with Crippen molar-refractivity contribution in [2.75, 3.05) is 0 Å². The van der Waals surface area contributed by atoms with Crippen molar-refractivity contribution in [1.29, 1.82) is 0 Å². The van der Waals surface area contributed by atoms with Crippen molar-refractivity contribution in [3.8, 4) is 16.9 Å². The molecule has 0 saturated heterocycles. The quantitative estimate of drug-likeness (QED) is 0.719. The van der Waals surface area contributed by atoms with Gasteiger partial charge in [-0.3, -0.25) is 0 Å². The molecule has 0 aromatic heterocycles. The molecular weight excluding hydrogens is 260 g/mol. The zero-order chi connectivity index (χ0) is 14.0. The van der Waals surface area contributed by atoms with Crippen molar-refractivity contribution in [2.45, 2.75) is 13.3 Å². The van der Waals surface area contributed by atoms with Crippen LogP contribution >= 0.6 is 0 Å². The summed E-state index contributed by atoms with van der Waals surface area (Å²) in [6.07, 6.45) is -4.71. The topological polar surface area (TPSA) is 9.23 Å². The van der Waals surface area contributed by atoms with Crippen LogP contribution in [0, 0.1) is 12.7 Å². The van der Waals surface area contributed by atoms with Crippen LogP contribution in [0.3, 0.4) is 0 Å². The summed E-state index contributed by atoms with van der Waals surface area (Å²) < 4.78 is 53.0. The summed E-state index contributed by atoms with van der Waals surface area (Å²) in [6, 6.07) is 9.76. The number of ether oxygens (including phenoxy) is 1. The van der Waals surface area contributed by atoms with E-state index >= 15 is 0 Å². The lowest BCUT2D eigenvalue weighted by Crippen LogP contribution is -2.16. The maximum absolute atomic E-state index is 13.2. The molecule has 0 spiro atoms. The molecule has 0 radical (unpaired) electrons. The molecule has 0 bridgehead atoms. The van der Waals surface area contributed by atoms with E-state index in [1.807, 2.05) is 0 Å². The smallest absolute Gasteiger partial charge is 0.406 e. The molecule has 0 aliphatic heterocycles. The molecule has 2 aromatic carbocycles. The first-order valence-corrected chi connectivity index (χ1v) is 5.47. The molecule has 0 atom stereocenters. The number of halogens is 4. The van der Waals surface area contributed by atoms with Gasteiger partial charge in [-0.15, -0.1) is 13.2 Å². The molecule has 19 heavy (non-hydrogen) atoms. The Balaban J connectivity index is 2.27. The van der Waals surface area contributed by atoms with Crippen molar-refractivity contribution in [3.05, 3.63) is 53.8 Å². The summed E-state index contributed by atoms with van der Waals surface area (Å²) in [6.45, 7) is 1.74. The van der Waals surface area contributed by atoms with Crippen LogP contribution in [-0.2, 0) is 0 Å². The molecule has 0 unspecified atom stereocenters. The van der Waals surface area contributed by atoms with Gasteiger partial charge in [-0.05, 0) is 47.9 Å². The van der Waals surface area contributed by atoms with E-state index in [0.717, 1.165) is 5.56 Å². The second-order valence-corrected chi connectivity index (χ2v) is 4.09. The predicted octanol–water partition coefficient (Wildman–Crippen LogP) is 4.70. The Hall–Kier alpha value is -2.04. The number of benzene rings is 2. The number of alkyl halides is 3. The van der Waals surface area contributed by atoms with E-state index in [4.69, 9.17) is 0 Å². The summed E-state index contributed by atoms with van der Waals surface area (Å²) in [7, 11) is 0. The van der Waals surface area contributed by atoms with E-state index in [2.05, 4.69) is 4.74 Å². The van der Waals surface area contributed by atoms with Crippen LogP contribution in [0.5, 0.6) is 5.75 Å². The van der Waals surface area contributed by atoms with Gasteiger partial charge in [-0.2, -0.15) is 0 Å². The Bertz CT molecular complexity index is 553. The van der Waals surface area contributed by atoms with Crippen LogP contribution in [-0.4, -0.2) is 6.36 Å². The molecule has 0 aliphatic rings. The fraction of sp³-hybridized carbons (Fsp3) is 0.143. The van der Waals surface area contributed by atoms with Crippen molar-refractivity contribution >= 4 is 0 Å². The lowest BCUT2D eigenvalue weighted by Gasteiger charge is -2.09. The number of rotatable bonds is 2. The fourth-order valence-corrected chi connectivity index (χ4v) is 1.75. The van der Waals surface area contributed by atoms with Crippen LogP contribution in [0.4, 0.5) is 17.6 Å². The third-order valence-corrected chi connectivity index (χ3v) is 2.46. The first-order chi connectivity index (χ1) is 8.83. The number of hydrogen-bond donors (Lipinski definition) is 0. The Kier molecular flexibility index (Phi) is 3.46. The van der Waals surface area contributed by atoms with Crippen LogP contribution in [0.2, 0.25) is 0 Å². The average Bonchev–Trinajstić information content (AvgIpc) is 2.26. The highest BCUT2D eigenvalue weighted by atomic mass is 19.4. The van der Waals surface area contributed by atoms with Gasteiger partial charge < -0.3 is 4.74 Å². The standard InChI is InChI=1S/C14H10F4O/c1-9-6-11(8-12(15)7-9)10-2-4-13(5-3-10)19-14(16,17)18/h2-8H,1H3. The van der Waals surface area contributed by atoms with Crippen LogP contribution in [0.1, 0.15) is 5.56 Å². The lowest BCUT2D eigenvalue weighted by molar-refractivity contribution is -0.274. The molecule has 0 saturated carbocycles. The summed E-state index contributed by atoms with van der Waals surface area (Å²) in [4.78, 5) is 0. The maximum Gasteiger partial charge on any atom is 0.573 e. The van der Waals surface area contributed by atoms with Gasteiger partial charge in [0.2, 0.25) is 0 Å². The Labute approximate surface area is 107 Å². The number of hydrogen-bond acceptors (Lipinski definition) is 1. The average molecular weight is 270 g/mol. The third kappa shape index (κ3) is 3.71. The summed E-state index contributed by atoms with van der Waals surface area (Å²) in [5.74, 6) is -0.685. The van der Waals surface area contributed by atoms with Crippen molar-refractivity contribution in [2.24, 2.45) is 0 Å². The molecule has 0 aliphatic carbocycles. The van der Waals surface area contributed by atoms with E-state index in [9.17, 15) is 17.6 Å². The zero-order valence-electron chi connectivity index (χ0n) is 9.96. The van der Waals surface area contributed by atoms with E-state index in [-0.39, 0.29) is 11.6 Å². The fourth-order valence-electron chi connectivity index (χ4n) is 1.75. The van der Waals surface area contributed by atoms with E-state index in [1.54, 1.807) is 13.0 Å². The highest BCUT2D eigenvalue weighted by Gasteiger charge is 2.30. The Morgan fingerprint density at radius 1 is 0.895 bits per heavy atom. The van der Waals surface area contributed by atoms with Gasteiger partial charge in [-0.25, -0.2) is 4.39 Å². The van der Waals surface area contributed by atoms with Crippen molar-refractivity contribution in [1.82, 2.24) is 0 Å². The molecule has 2 aromatic rings. The van der Waals surface area contributed by atoms with Crippen molar-refractivity contribution < 1.29 is 22.3 Å². The first-order valence-electron chi connectivity index (χ1n) is 5.47. The lowest BCUT2D eigenvalue weighted by atomic mass is 10.0. The molecule has 5 heteroatoms. The molecule has 100 valence electrons. The highest BCUT2D eigenvalue weighted by molar-refractivity contribution is 5.65. The minimum absolute atomic E-state index is 0.302. The van der Waals surface area contributed by atoms with E-state index in [1.165, 1.54) is 36.4 Å². The van der Waals surface area contributed by atoms with Gasteiger partial charge in [0.25, 0.3) is 0 Å². The van der Waals surface area contributed by atoms with Crippen LogP contribution in [0.15, 0.2) is 42.5 Å². The molecule has 1 nitrogen and oxygen atoms in total. The SMILES string of the molecule is Cc1cc(F)cc(-c2ccc(OC(F)(F)F)cc2)c1. The van der Waals surface area contributed by atoms with Crippen LogP contribution in [0.25, 0.3) is 11.1 Å². The zero-order valence-corrected chi connectivity index (χ0v) is 9.96.